The van der Waals surface area contributed by atoms with Crippen LogP contribution in [-0.2, 0) is 9.59 Å². The molecular weight excluding hydrogens is 146 g/mol. The first-order chi connectivity index (χ1) is 5.11. The summed E-state index contributed by atoms with van der Waals surface area (Å²) in [5.74, 6) is -1.06. The van der Waals surface area contributed by atoms with E-state index < -0.39 is 5.91 Å². The lowest BCUT2D eigenvalue weighted by atomic mass is 10.1. The molecule has 1 amide bonds. The monoisotopic (exact) mass is 155 g/mol. The maximum absolute atomic E-state index is 10.7. The van der Waals surface area contributed by atoms with E-state index >= 15 is 0 Å². The molecule has 11 heavy (non-hydrogen) atoms. The van der Waals surface area contributed by atoms with Gasteiger partial charge in [0.15, 0.2) is 11.5 Å². The standard InChI is InChI=1S/C7H9NO3/c8-6(10)3-4-1-2-5(9)7(4)11/h11H,1-3H2,(H2,8,10). The fourth-order valence-corrected chi connectivity index (χ4v) is 1.08. The van der Waals surface area contributed by atoms with E-state index in [9.17, 15) is 9.59 Å². The highest BCUT2D eigenvalue weighted by molar-refractivity contribution is 5.97. The smallest absolute Gasteiger partial charge is 0.221 e. The second-order valence-electron chi connectivity index (χ2n) is 2.52. The van der Waals surface area contributed by atoms with Crippen molar-refractivity contribution in [3.63, 3.8) is 0 Å². The molecule has 1 aliphatic rings. The molecule has 0 fully saturated rings. The molecule has 60 valence electrons. The van der Waals surface area contributed by atoms with Crippen molar-refractivity contribution >= 4 is 11.7 Å². The highest BCUT2D eigenvalue weighted by Crippen LogP contribution is 2.22. The van der Waals surface area contributed by atoms with Crippen molar-refractivity contribution in [1.29, 1.82) is 0 Å². The number of allylic oxidation sites excluding steroid dienone is 1. The largest absolute Gasteiger partial charge is 0.504 e. The van der Waals surface area contributed by atoms with Gasteiger partial charge in [0.05, 0.1) is 6.42 Å². The van der Waals surface area contributed by atoms with Crippen molar-refractivity contribution in [3.05, 3.63) is 11.3 Å². The Morgan fingerprint density at radius 1 is 1.55 bits per heavy atom. The predicted molar refractivity (Wildman–Crippen MR) is 37.7 cm³/mol. The number of nitrogens with two attached hydrogens (primary N) is 1. The summed E-state index contributed by atoms with van der Waals surface area (Å²) < 4.78 is 0. The van der Waals surface area contributed by atoms with Crippen LogP contribution < -0.4 is 5.73 Å². The van der Waals surface area contributed by atoms with E-state index in [1.165, 1.54) is 0 Å². The van der Waals surface area contributed by atoms with Gasteiger partial charge in [0.1, 0.15) is 0 Å². The third-order valence-electron chi connectivity index (χ3n) is 1.64. The molecule has 3 N–H and O–H groups in total. The van der Waals surface area contributed by atoms with Crippen LogP contribution in [0.2, 0.25) is 0 Å². The Labute approximate surface area is 63.7 Å². The van der Waals surface area contributed by atoms with Crippen LogP contribution in [0.4, 0.5) is 0 Å². The lowest BCUT2D eigenvalue weighted by molar-refractivity contribution is -0.117. The first-order valence-corrected chi connectivity index (χ1v) is 3.33. The van der Waals surface area contributed by atoms with E-state index in [-0.39, 0.29) is 18.0 Å². The SMILES string of the molecule is NC(=O)CC1=C(O)C(=O)CC1. The van der Waals surface area contributed by atoms with Crippen LogP contribution in [0.5, 0.6) is 0 Å². The van der Waals surface area contributed by atoms with Crippen LogP contribution in [0.3, 0.4) is 0 Å². The van der Waals surface area contributed by atoms with Crippen LogP contribution in [0.25, 0.3) is 0 Å². The molecule has 0 spiro atoms. The minimum Gasteiger partial charge on any atom is -0.504 e. The molecule has 0 aliphatic heterocycles. The minimum atomic E-state index is -0.513. The summed E-state index contributed by atoms with van der Waals surface area (Å²) in [6, 6.07) is 0. The van der Waals surface area contributed by atoms with Crippen molar-refractivity contribution < 1.29 is 14.7 Å². The van der Waals surface area contributed by atoms with Gasteiger partial charge in [-0.3, -0.25) is 9.59 Å². The zero-order chi connectivity index (χ0) is 8.43. The molecule has 0 saturated carbocycles. The Morgan fingerprint density at radius 3 is 2.55 bits per heavy atom. The van der Waals surface area contributed by atoms with Crippen LogP contribution in [0, 0.1) is 0 Å². The number of carbonyl (C=O) groups excluding carboxylic acids is 2. The number of amides is 1. The summed E-state index contributed by atoms with van der Waals surface area (Å²) >= 11 is 0. The normalized spacial score (nSPS) is 17.6. The average molecular weight is 155 g/mol. The molecular formula is C7H9NO3. The fraction of sp³-hybridized carbons (Fsp3) is 0.429. The highest BCUT2D eigenvalue weighted by atomic mass is 16.3. The second kappa shape index (κ2) is 2.74. The predicted octanol–water partition coefficient (Wildman–Crippen LogP) is 0.0368. The molecule has 0 radical (unpaired) electrons. The lowest BCUT2D eigenvalue weighted by Crippen LogP contribution is -2.11. The summed E-state index contributed by atoms with van der Waals surface area (Å²) in [6.45, 7) is 0. The van der Waals surface area contributed by atoms with Crippen LogP contribution in [0.1, 0.15) is 19.3 Å². The molecule has 1 rings (SSSR count). The summed E-state index contributed by atoms with van der Waals surface area (Å²) in [5.41, 5.74) is 5.36. The van der Waals surface area contributed by atoms with Gasteiger partial charge in [-0.05, 0) is 12.0 Å². The summed E-state index contributed by atoms with van der Waals surface area (Å²) in [6.07, 6.45) is 0.764. The van der Waals surface area contributed by atoms with Crippen molar-refractivity contribution in [3.8, 4) is 0 Å². The maximum atomic E-state index is 10.7. The molecule has 0 aromatic rings. The van der Waals surface area contributed by atoms with Gasteiger partial charge in [-0.2, -0.15) is 0 Å². The Bertz CT molecular complexity index is 242. The molecule has 0 aromatic carbocycles. The fourth-order valence-electron chi connectivity index (χ4n) is 1.08. The van der Waals surface area contributed by atoms with E-state index in [0.717, 1.165) is 0 Å². The summed E-state index contributed by atoms with van der Waals surface area (Å²) in [5, 5.41) is 9.03. The van der Waals surface area contributed by atoms with Crippen molar-refractivity contribution in [2.24, 2.45) is 5.73 Å². The van der Waals surface area contributed by atoms with Gasteiger partial charge < -0.3 is 10.8 Å². The quantitative estimate of drug-likeness (QED) is 0.590. The Kier molecular flexibility index (Phi) is 1.94. The Morgan fingerprint density at radius 2 is 2.18 bits per heavy atom. The molecule has 0 unspecified atom stereocenters. The first-order valence-electron chi connectivity index (χ1n) is 3.33. The number of ketones is 1. The van der Waals surface area contributed by atoms with Gasteiger partial charge in [-0.1, -0.05) is 0 Å². The Hall–Kier alpha value is -1.32. The minimum absolute atomic E-state index is 0.00241. The van der Waals surface area contributed by atoms with Gasteiger partial charge in [0, 0.05) is 6.42 Å². The molecule has 0 atom stereocenters. The topological polar surface area (TPSA) is 80.4 Å². The first kappa shape index (κ1) is 7.78. The molecule has 0 heterocycles. The van der Waals surface area contributed by atoms with Crippen molar-refractivity contribution in [2.45, 2.75) is 19.3 Å². The number of aliphatic hydroxyl groups is 1. The summed E-state index contributed by atoms with van der Waals surface area (Å²) in [7, 11) is 0. The van der Waals surface area contributed by atoms with E-state index in [1.807, 2.05) is 0 Å². The molecule has 0 bridgehead atoms. The third kappa shape index (κ3) is 1.58. The van der Waals surface area contributed by atoms with E-state index in [1.54, 1.807) is 0 Å². The van der Waals surface area contributed by atoms with Gasteiger partial charge in [-0.25, -0.2) is 0 Å². The number of Topliss-reactive ketones (excluding diaryl/α,β-unsaturated/α-hetero) is 1. The highest BCUT2D eigenvalue weighted by Gasteiger charge is 2.22. The second-order valence-corrected chi connectivity index (χ2v) is 2.52. The average Bonchev–Trinajstić information content (AvgIpc) is 2.18. The lowest BCUT2D eigenvalue weighted by Gasteiger charge is -1.95. The Balaban J connectivity index is 2.72. The third-order valence-corrected chi connectivity index (χ3v) is 1.64. The zero-order valence-electron chi connectivity index (χ0n) is 5.96. The molecule has 4 heteroatoms. The number of aliphatic hydroxyl groups excluding tert-OH is 1. The number of rotatable bonds is 2. The summed E-state index contributed by atoms with van der Waals surface area (Å²) in [4.78, 5) is 21.1. The van der Waals surface area contributed by atoms with E-state index in [2.05, 4.69) is 0 Å². The van der Waals surface area contributed by atoms with E-state index in [4.69, 9.17) is 10.8 Å². The van der Waals surface area contributed by atoms with Crippen LogP contribution >= 0.6 is 0 Å². The van der Waals surface area contributed by atoms with Crippen LogP contribution in [-0.4, -0.2) is 16.8 Å². The molecule has 4 nitrogen and oxygen atoms in total. The number of hydrogen-bond acceptors (Lipinski definition) is 3. The molecule has 1 aliphatic carbocycles. The molecule has 0 saturated heterocycles. The number of carbonyl (C=O) groups is 2. The zero-order valence-corrected chi connectivity index (χ0v) is 5.96. The van der Waals surface area contributed by atoms with Gasteiger partial charge in [0.2, 0.25) is 5.91 Å². The molecule has 0 aromatic heterocycles. The van der Waals surface area contributed by atoms with E-state index in [0.29, 0.717) is 18.4 Å². The van der Waals surface area contributed by atoms with Crippen molar-refractivity contribution in [1.82, 2.24) is 0 Å². The number of hydrogen-bond donors (Lipinski definition) is 2. The van der Waals surface area contributed by atoms with Gasteiger partial charge in [0.25, 0.3) is 0 Å². The maximum Gasteiger partial charge on any atom is 0.221 e. The van der Waals surface area contributed by atoms with Crippen molar-refractivity contribution in [2.75, 3.05) is 0 Å². The number of primary amides is 1. The van der Waals surface area contributed by atoms with Gasteiger partial charge >= 0.3 is 0 Å². The van der Waals surface area contributed by atoms with Gasteiger partial charge in [-0.15, -0.1) is 0 Å². The van der Waals surface area contributed by atoms with Crippen LogP contribution in [0.15, 0.2) is 11.3 Å².